The van der Waals surface area contributed by atoms with Crippen molar-refractivity contribution >= 4 is 31.6 Å². The number of hydrogen-bond donors (Lipinski definition) is 2. The first kappa shape index (κ1) is 30.5. The topological polar surface area (TPSA) is 151 Å². The molecule has 14 heteroatoms. The van der Waals surface area contributed by atoms with Crippen molar-refractivity contribution in [3.8, 4) is 5.75 Å². The van der Waals surface area contributed by atoms with E-state index < -0.39 is 44.0 Å². The molecule has 1 aliphatic rings. The minimum atomic E-state index is -4.15. The number of anilines is 1. The third-order valence-corrected chi connectivity index (χ3v) is 10.1. The molecule has 12 nitrogen and oxygen atoms in total. The van der Waals surface area contributed by atoms with E-state index in [0.29, 0.717) is 0 Å². The molecule has 4 rings (SSSR count). The van der Waals surface area contributed by atoms with Crippen LogP contribution in [0.4, 0.5) is 5.69 Å². The number of amides is 1. The number of likely N-dealkylation sites (N-methyl/N-ethyl adjacent to an activating group) is 1. The summed E-state index contributed by atoms with van der Waals surface area (Å²) in [6.07, 6.45) is 1.89. The predicted molar refractivity (Wildman–Crippen MR) is 153 cm³/mol. The number of fused-ring (bicyclic) bond motifs is 1. The second-order valence-corrected chi connectivity index (χ2v) is 14.1. The van der Waals surface area contributed by atoms with Crippen molar-refractivity contribution in [3.05, 3.63) is 66.1 Å². The second kappa shape index (κ2) is 11.8. The van der Waals surface area contributed by atoms with E-state index in [-0.39, 0.29) is 46.6 Å². The molecule has 0 bridgehead atoms. The zero-order valence-corrected chi connectivity index (χ0v) is 25.2. The molecular formula is C27H35N5O7S2. The molecule has 1 aromatic heterocycles. The van der Waals surface area contributed by atoms with E-state index in [1.165, 1.54) is 63.7 Å². The highest BCUT2D eigenvalue weighted by Gasteiger charge is 2.36. The summed E-state index contributed by atoms with van der Waals surface area (Å²) in [7, 11) is -4.95. The molecule has 3 aromatic rings. The van der Waals surface area contributed by atoms with E-state index in [4.69, 9.17) is 4.74 Å². The molecule has 1 amide bonds. The third kappa shape index (κ3) is 6.40. The van der Waals surface area contributed by atoms with Gasteiger partial charge >= 0.3 is 0 Å². The number of benzene rings is 2. The summed E-state index contributed by atoms with van der Waals surface area (Å²) in [6, 6.07) is 10.4. The number of aliphatic hydroxyl groups excluding tert-OH is 1. The Bertz CT molecular complexity index is 1620. The molecule has 0 unspecified atom stereocenters. The number of hydrogen-bond acceptors (Lipinski definition) is 8. The number of para-hydroxylation sites is 1. The minimum Gasteiger partial charge on any atom is -0.486 e. The fourth-order valence-corrected chi connectivity index (χ4v) is 6.74. The van der Waals surface area contributed by atoms with Crippen molar-refractivity contribution in [3.63, 3.8) is 0 Å². The smallest absolute Gasteiger partial charge is 0.281 e. The normalized spacial score (nSPS) is 18.8. The molecule has 0 radical (unpaired) electrons. The summed E-state index contributed by atoms with van der Waals surface area (Å²) in [5.74, 6) is -0.895. The SMILES string of the molecule is Cc1ccc(S(=O)(=O)N(C)C[C@@H]2Oc3c(NS(=O)(=O)c4cn(C)cn4)cccc3C(=O)N([C@H](C)CO)C[C@H]2C)cc1. The summed E-state index contributed by atoms with van der Waals surface area (Å²) < 4.78 is 64.5. The van der Waals surface area contributed by atoms with Crippen molar-refractivity contribution in [2.45, 2.75) is 42.8 Å². The maximum atomic E-state index is 13.7. The van der Waals surface area contributed by atoms with Gasteiger partial charge in [0.05, 0.1) is 41.7 Å². The molecule has 0 saturated heterocycles. The van der Waals surface area contributed by atoms with Gasteiger partial charge in [0, 0.05) is 32.8 Å². The van der Waals surface area contributed by atoms with Crippen LogP contribution in [0.5, 0.6) is 5.75 Å². The number of rotatable bonds is 9. The number of aryl methyl sites for hydroxylation is 2. The Balaban J connectivity index is 1.76. The van der Waals surface area contributed by atoms with Crippen LogP contribution in [0.2, 0.25) is 0 Å². The van der Waals surface area contributed by atoms with Gasteiger partial charge in [-0.25, -0.2) is 13.4 Å². The van der Waals surface area contributed by atoms with Crippen LogP contribution in [0.15, 0.2) is 64.9 Å². The molecule has 0 fully saturated rings. The summed E-state index contributed by atoms with van der Waals surface area (Å²) in [4.78, 5) is 19.2. The number of sulfonamides is 2. The first-order chi connectivity index (χ1) is 19.2. The second-order valence-electron chi connectivity index (χ2n) is 10.4. The van der Waals surface area contributed by atoms with E-state index in [1.807, 2.05) is 13.8 Å². The Morgan fingerprint density at radius 1 is 1.17 bits per heavy atom. The summed E-state index contributed by atoms with van der Waals surface area (Å²) in [5, 5.41) is 9.66. The van der Waals surface area contributed by atoms with Gasteiger partial charge < -0.3 is 19.3 Å². The van der Waals surface area contributed by atoms with E-state index in [2.05, 4.69) is 9.71 Å². The van der Waals surface area contributed by atoms with Crippen LogP contribution in [-0.4, -0.2) is 85.5 Å². The number of nitrogens with zero attached hydrogens (tertiary/aromatic N) is 4. The van der Waals surface area contributed by atoms with Gasteiger partial charge in [-0.15, -0.1) is 0 Å². The Morgan fingerprint density at radius 2 is 1.85 bits per heavy atom. The van der Waals surface area contributed by atoms with Gasteiger partial charge in [-0.2, -0.15) is 12.7 Å². The van der Waals surface area contributed by atoms with Crippen molar-refractivity contribution in [2.24, 2.45) is 13.0 Å². The average molecular weight is 606 g/mol. The summed E-state index contributed by atoms with van der Waals surface area (Å²) >= 11 is 0. The molecule has 222 valence electrons. The molecular weight excluding hydrogens is 570 g/mol. The minimum absolute atomic E-state index is 0.00116. The van der Waals surface area contributed by atoms with Crippen LogP contribution in [0.3, 0.4) is 0 Å². The molecule has 2 N–H and O–H groups in total. The Morgan fingerprint density at radius 3 is 2.46 bits per heavy atom. The molecule has 0 saturated carbocycles. The van der Waals surface area contributed by atoms with Crippen LogP contribution in [0.25, 0.3) is 0 Å². The van der Waals surface area contributed by atoms with E-state index >= 15 is 0 Å². The Kier molecular flexibility index (Phi) is 8.78. The lowest BCUT2D eigenvalue weighted by atomic mass is 9.99. The Labute approximate surface area is 240 Å². The zero-order chi connectivity index (χ0) is 30.1. The van der Waals surface area contributed by atoms with Gasteiger partial charge in [0.1, 0.15) is 6.10 Å². The highest BCUT2D eigenvalue weighted by Crippen LogP contribution is 2.36. The Hall–Kier alpha value is -3.46. The van der Waals surface area contributed by atoms with Gasteiger partial charge in [0.2, 0.25) is 10.0 Å². The van der Waals surface area contributed by atoms with Gasteiger partial charge in [0.25, 0.3) is 15.9 Å². The number of aromatic nitrogens is 2. The van der Waals surface area contributed by atoms with Crippen LogP contribution in [0.1, 0.15) is 29.8 Å². The molecule has 1 aliphatic heterocycles. The first-order valence-corrected chi connectivity index (χ1v) is 15.9. The van der Waals surface area contributed by atoms with E-state index in [1.54, 1.807) is 26.1 Å². The lowest BCUT2D eigenvalue weighted by molar-refractivity contribution is 0.0389. The van der Waals surface area contributed by atoms with Crippen molar-refractivity contribution in [2.75, 3.05) is 31.5 Å². The van der Waals surface area contributed by atoms with Crippen molar-refractivity contribution in [1.29, 1.82) is 0 Å². The maximum Gasteiger partial charge on any atom is 0.281 e. The van der Waals surface area contributed by atoms with Crippen LogP contribution >= 0.6 is 0 Å². The van der Waals surface area contributed by atoms with Gasteiger partial charge in [-0.1, -0.05) is 30.7 Å². The predicted octanol–water partition coefficient (Wildman–Crippen LogP) is 2.07. The molecule has 2 heterocycles. The molecule has 0 spiro atoms. The first-order valence-electron chi connectivity index (χ1n) is 13.0. The lowest BCUT2D eigenvalue weighted by Gasteiger charge is -2.38. The zero-order valence-electron chi connectivity index (χ0n) is 23.6. The molecule has 2 aromatic carbocycles. The number of aliphatic hydroxyl groups is 1. The quantitative estimate of drug-likeness (QED) is 0.376. The fourth-order valence-electron chi connectivity index (χ4n) is 4.51. The van der Waals surface area contributed by atoms with E-state index in [9.17, 15) is 26.7 Å². The standard InChI is InChI=1S/C27H35N5O7S2/c1-18-9-11-21(12-10-18)41(37,38)31(5)14-24-19(2)13-32(20(3)16-33)27(34)22-7-6-8-23(26(22)39-24)29-40(35,36)25-15-30(4)17-28-25/h6-12,15,17,19-20,24,29,33H,13-14,16H2,1-5H3/t19-,20-,24+/m1/s1. The van der Waals surface area contributed by atoms with Crippen molar-refractivity contribution < 1.29 is 31.5 Å². The van der Waals surface area contributed by atoms with Gasteiger partial charge in [0.15, 0.2) is 10.8 Å². The number of carbonyl (C=O) groups excluding carboxylic acids is 1. The monoisotopic (exact) mass is 605 g/mol. The number of nitrogens with one attached hydrogen (secondary N) is 1. The highest BCUT2D eigenvalue weighted by molar-refractivity contribution is 7.92. The molecule has 3 atom stereocenters. The fraction of sp³-hybridized carbons (Fsp3) is 0.407. The number of ether oxygens (including phenoxy) is 1. The summed E-state index contributed by atoms with van der Waals surface area (Å²) in [6.45, 7) is 5.16. The summed E-state index contributed by atoms with van der Waals surface area (Å²) in [5.41, 5.74) is 0.998. The van der Waals surface area contributed by atoms with Gasteiger partial charge in [-0.05, 0) is 38.1 Å². The van der Waals surface area contributed by atoms with Crippen LogP contribution < -0.4 is 9.46 Å². The largest absolute Gasteiger partial charge is 0.486 e. The number of imidazole rings is 1. The molecule has 41 heavy (non-hydrogen) atoms. The van der Waals surface area contributed by atoms with Crippen molar-refractivity contribution in [1.82, 2.24) is 18.8 Å². The maximum absolute atomic E-state index is 13.7. The third-order valence-electron chi connectivity index (χ3n) is 7.06. The lowest BCUT2D eigenvalue weighted by Crippen LogP contribution is -2.50. The van der Waals surface area contributed by atoms with Crippen LogP contribution in [-0.2, 0) is 27.1 Å². The van der Waals surface area contributed by atoms with Crippen LogP contribution in [0, 0.1) is 12.8 Å². The number of carbonyl (C=O) groups is 1. The highest BCUT2D eigenvalue weighted by atomic mass is 32.2. The molecule has 0 aliphatic carbocycles. The van der Waals surface area contributed by atoms with Gasteiger partial charge in [-0.3, -0.25) is 9.52 Å². The average Bonchev–Trinajstić information content (AvgIpc) is 3.38. The van der Waals surface area contributed by atoms with E-state index in [0.717, 1.165) is 5.56 Å².